The summed E-state index contributed by atoms with van der Waals surface area (Å²) in [6, 6.07) is 7.00. The van der Waals surface area contributed by atoms with E-state index in [0.717, 1.165) is 12.0 Å². The molecule has 2 nitrogen and oxygen atoms in total. The number of nitrogens with zero attached hydrogens (tertiary/aromatic N) is 1. The molecule has 0 saturated heterocycles. The number of hydrogen-bond acceptors (Lipinski definition) is 2. The Morgan fingerprint density at radius 2 is 2.17 bits per heavy atom. The van der Waals surface area contributed by atoms with Gasteiger partial charge in [-0.15, -0.1) is 0 Å². The zero-order valence-electron chi connectivity index (χ0n) is 11.3. The molecular formula is C15H23FN2. The first-order valence-corrected chi connectivity index (χ1v) is 6.75. The largest absolute Gasteiger partial charge is 0.329 e. The second kappa shape index (κ2) is 5.37. The Hall–Kier alpha value is -0.930. The molecule has 2 unspecified atom stereocenters. The van der Waals surface area contributed by atoms with Crippen LogP contribution in [-0.4, -0.2) is 24.0 Å². The topological polar surface area (TPSA) is 29.3 Å². The lowest BCUT2D eigenvalue weighted by Gasteiger charge is -2.42. The highest BCUT2D eigenvalue weighted by atomic mass is 19.1. The highest BCUT2D eigenvalue weighted by Gasteiger charge is 2.42. The van der Waals surface area contributed by atoms with E-state index < -0.39 is 0 Å². The van der Waals surface area contributed by atoms with Crippen LogP contribution < -0.4 is 5.73 Å². The van der Waals surface area contributed by atoms with E-state index in [1.807, 2.05) is 12.1 Å². The second-order valence-electron chi connectivity index (χ2n) is 5.55. The maximum Gasteiger partial charge on any atom is 0.127 e. The first-order chi connectivity index (χ1) is 8.60. The van der Waals surface area contributed by atoms with Crippen LogP contribution in [0.15, 0.2) is 24.3 Å². The maximum atomic E-state index is 13.7. The number of likely N-dealkylation sites (N-methyl/N-ethyl adjacent to an activating group) is 1. The molecule has 0 amide bonds. The molecule has 1 aromatic rings. The fraction of sp³-hybridized carbons (Fsp3) is 0.600. The Labute approximate surface area is 109 Å². The van der Waals surface area contributed by atoms with Crippen molar-refractivity contribution >= 4 is 0 Å². The van der Waals surface area contributed by atoms with Gasteiger partial charge in [0.05, 0.1) is 0 Å². The van der Waals surface area contributed by atoms with Gasteiger partial charge in [0.2, 0.25) is 0 Å². The molecular weight excluding hydrogens is 227 g/mol. The van der Waals surface area contributed by atoms with Gasteiger partial charge in [0.15, 0.2) is 0 Å². The molecule has 0 spiro atoms. The van der Waals surface area contributed by atoms with Crippen LogP contribution in [0.25, 0.3) is 0 Å². The Bertz CT molecular complexity index is 407. The zero-order valence-corrected chi connectivity index (χ0v) is 11.3. The predicted octanol–water partition coefficient (Wildman–Crippen LogP) is 2.78. The van der Waals surface area contributed by atoms with Gasteiger partial charge in [-0.2, -0.15) is 0 Å². The van der Waals surface area contributed by atoms with Gasteiger partial charge in [0, 0.05) is 24.2 Å². The van der Waals surface area contributed by atoms with Crippen LogP contribution in [0.3, 0.4) is 0 Å². The van der Waals surface area contributed by atoms with Crippen molar-refractivity contribution in [2.75, 3.05) is 13.6 Å². The molecule has 1 aliphatic carbocycles. The molecule has 1 aromatic carbocycles. The molecule has 1 aliphatic rings. The molecule has 100 valence electrons. The summed E-state index contributed by atoms with van der Waals surface area (Å²) in [6.07, 6.45) is 3.56. The van der Waals surface area contributed by atoms with Gasteiger partial charge in [0.25, 0.3) is 0 Å². The number of rotatable bonds is 4. The standard InChI is InChI=1S/C15H23FN2/c1-12-6-5-9-15(12,11-17)18(2)10-13-7-3-4-8-14(13)16/h3-4,7-8,12H,5-6,9-11,17H2,1-2H3. The summed E-state index contributed by atoms with van der Waals surface area (Å²) in [4.78, 5) is 2.25. The van der Waals surface area contributed by atoms with Crippen LogP contribution in [0.4, 0.5) is 4.39 Å². The average molecular weight is 250 g/mol. The minimum absolute atomic E-state index is 0.0439. The Morgan fingerprint density at radius 1 is 1.44 bits per heavy atom. The van der Waals surface area contributed by atoms with E-state index in [1.165, 1.54) is 18.9 Å². The minimum Gasteiger partial charge on any atom is -0.329 e. The van der Waals surface area contributed by atoms with Crippen molar-refractivity contribution in [3.63, 3.8) is 0 Å². The molecule has 1 saturated carbocycles. The molecule has 2 rings (SSSR count). The fourth-order valence-electron chi connectivity index (χ4n) is 3.30. The first kappa shape index (κ1) is 13.5. The van der Waals surface area contributed by atoms with Crippen molar-refractivity contribution in [2.24, 2.45) is 11.7 Å². The van der Waals surface area contributed by atoms with Crippen LogP contribution in [0, 0.1) is 11.7 Å². The van der Waals surface area contributed by atoms with Gasteiger partial charge in [0.1, 0.15) is 5.82 Å². The van der Waals surface area contributed by atoms with Crippen LogP contribution in [0.5, 0.6) is 0 Å². The Morgan fingerprint density at radius 3 is 2.72 bits per heavy atom. The van der Waals surface area contributed by atoms with Gasteiger partial charge in [-0.3, -0.25) is 4.90 Å². The van der Waals surface area contributed by atoms with E-state index in [4.69, 9.17) is 5.73 Å². The first-order valence-electron chi connectivity index (χ1n) is 6.75. The molecule has 0 aromatic heterocycles. The molecule has 0 heterocycles. The summed E-state index contributed by atoms with van der Waals surface area (Å²) in [6.45, 7) is 3.55. The third-order valence-electron chi connectivity index (χ3n) is 4.64. The van der Waals surface area contributed by atoms with Gasteiger partial charge < -0.3 is 5.73 Å². The summed E-state index contributed by atoms with van der Waals surface area (Å²) in [5.74, 6) is 0.460. The van der Waals surface area contributed by atoms with E-state index in [-0.39, 0.29) is 11.4 Å². The molecule has 0 radical (unpaired) electrons. The van der Waals surface area contributed by atoms with Crippen molar-refractivity contribution in [1.82, 2.24) is 4.90 Å². The third kappa shape index (κ3) is 2.29. The summed E-state index contributed by atoms with van der Waals surface area (Å²) in [5.41, 5.74) is 6.82. The van der Waals surface area contributed by atoms with Crippen molar-refractivity contribution < 1.29 is 4.39 Å². The molecule has 2 atom stereocenters. The van der Waals surface area contributed by atoms with Crippen molar-refractivity contribution in [1.29, 1.82) is 0 Å². The number of benzene rings is 1. The van der Waals surface area contributed by atoms with Crippen LogP contribution in [0.1, 0.15) is 31.7 Å². The Kier molecular flexibility index (Phi) is 4.03. The highest BCUT2D eigenvalue weighted by Crippen LogP contribution is 2.39. The smallest absolute Gasteiger partial charge is 0.127 e. The SMILES string of the molecule is CC1CCCC1(CN)N(C)Cc1ccccc1F. The van der Waals surface area contributed by atoms with Gasteiger partial charge in [-0.1, -0.05) is 31.5 Å². The number of hydrogen-bond donors (Lipinski definition) is 1. The van der Waals surface area contributed by atoms with E-state index in [2.05, 4.69) is 18.9 Å². The lowest BCUT2D eigenvalue weighted by atomic mass is 9.86. The highest BCUT2D eigenvalue weighted by molar-refractivity contribution is 5.18. The summed E-state index contributed by atoms with van der Waals surface area (Å²) in [7, 11) is 2.07. The average Bonchev–Trinajstić information content (AvgIpc) is 2.74. The Balaban J connectivity index is 2.16. The lowest BCUT2D eigenvalue weighted by molar-refractivity contribution is 0.0831. The molecule has 0 aliphatic heterocycles. The minimum atomic E-state index is -0.123. The predicted molar refractivity (Wildman–Crippen MR) is 72.7 cm³/mol. The quantitative estimate of drug-likeness (QED) is 0.890. The molecule has 0 bridgehead atoms. The molecule has 3 heteroatoms. The van der Waals surface area contributed by atoms with Crippen molar-refractivity contribution in [2.45, 2.75) is 38.3 Å². The van der Waals surface area contributed by atoms with Gasteiger partial charge in [-0.05, 0) is 31.9 Å². The number of halogens is 1. The molecule has 18 heavy (non-hydrogen) atoms. The fourth-order valence-corrected chi connectivity index (χ4v) is 3.30. The lowest BCUT2D eigenvalue weighted by Crippen LogP contribution is -2.53. The summed E-state index contributed by atoms with van der Waals surface area (Å²) < 4.78 is 13.7. The zero-order chi connectivity index (χ0) is 13.2. The summed E-state index contributed by atoms with van der Waals surface area (Å²) >= 11 is 0. The van der Waals surface area contributed by atoms with E-state index in [9.17, 15) is 4.39 Å². The van der Waals surface area contributed by atoms with E-state index in [1.54, 1.807) is 6.07 Å². The maximum absolute atomic E-state index is 13.7. The van der Waals surface area contributed by atoms with Crippen molar-refractivity contribution in [3.8, 4) is 0 Å². The summed E-state index contributed by atoms with van der Waals surface area (Å²) in [5, 5.41) is 0. The van der Waals surface area contributed by atoms with Crippen LogP contribution in [0.2, 0.25) is 0 Å². The van der Waals surface area contributed by atoms with Gasteiger partial charge in [-0.25, -0.2) is 4.39 Å². The normalized spacial score (nSPS) is 27.9. The third-order valence-corrected chi connectivity index (χ3v) is 4.64. The second-order valence-corrected chi connectivity index (χ2v) is 5.55. The molecule has 1 fully saturated rings. The van der Waals surface area contributed by atoms with E-state index >= 15 is 0 Å². The van der Waals surface area contributed by atoms with E-state index in [0.29, 0.717) is 19.0 Å². The van der Waals surface area contributed by atoms with Gasteiger partial charge >= 0.3 is 0 Å². The van der Waals surface area contributed by atoms with Crippen LogP contribution >= 0.6 is 0 Å². The van der Waals surface area contributed by atoms with Crippen LogP contribution in [-0.2, 0) is 6.54 Å². The monoisotopic (exact) mass is 250 g/mol. The number of nitrogens with two attached hydrogens (primary N) is 1. The van der Waals surface area contributed by atoms with Crippen molar-refractivity contribution in [3.05, 3.63) is 35.6 Å². The molecule has 2 N–H and O–H groups in total.